The third kappa shape index (κ3) is 3.06. The van der Waals surface area contributed by atoms with E-state index in [4.69, 9.17) is 15.6 Å². The molecule has 0 amide bonds. The average Bonchev–Trinajstić information content (AvgIpc) is 2.40. The highest BCUT2D eigenvalue weighted by Crippen LogP contribution is 2.22. The lowest BCUT2D eigenvalue weighted by Gasteiger charge is -2.10. The van der Waals surface area contributed by atoms with Gasteiger partial charge in [-0.1, -0.05) is 30.3 Å². The number of hydrogen-bond donors (Lipinski definition) is 2. The van der Waals surface area contributed by atoms with Gasteiger partial charge in [0, 0.05) is 0 Å². The predicted molar refractivity (Wildman–Crippen MR) is 67.0 cm³/mol. The maximum Gasteiger partial charge on any atom is 0.127 e. The lowest BCUT2D eigenvalue weighted by Crippen LogP contribution is -2.14. The summed E-state index contributed by atoms with van der Waals surface area (Å²) in [4.78, 5) is 0. The second-order valence-corrected chi connectivity index (χ2v) is 3.77. The van der Waals surface area contributed by atoms with Gasteiger partial charge in [0.25, 0.3) is 0 Å². The van der Waals surface area contributed by atoms with E-state index in [0.29, 0.717) is 0 Å². The van der Waals surface area contributed by atoms with Crippen molar-refractivity contribution in [1.82, 2.24) is 0 Å². The van der Waals surface area contributed by atoms with Gasteiger partial charge in [-0.05, 0) is 29.8 Å². The Kier molecular flexibility index (Phi) is 3.75. The van der Waals surface area contributed by atoms with Crippen LogP contribution in [0.5, 0.6) is 11.5 Å². The summed E-state index contributed by atoms with van der Waals surface area (Å²) in [7, 11) is 0. The van der Waals surface area contributed by atoms with Crippen LogP contribution in [0.25, 0.3) is 0 Å². The Balaban J connectivity index is 2.08. The minimum Gasteiger partial charge on any atom is -0.457 e. The van der Waals surface area contributed by atoms with Gasteiger partial charge in [-0.15, -0.1) is 0 Å². The molecule has 3 N–H and O–H groups in total. The Hall–Kier alpha value is -1.84. The van der Waals surface area contributed by atoms with E-state index in [1.54, 1.807) is 0 Å². The van der Waals surface area contributed by atoms with Gasteiger partial charge in [-0.25, -0.2) is 0 Å². The minimum absolute atomic E-state index is 0.0567. The first-order valence-electron chi connectivity index (χ1n) is 5.49. The summed E-state index contributed by atoms with van der Waals surface area (Å²) in [5.74, 6) is 1.55. The van der Waals surface area contributed by atoms with Crippen molar-refractivity contribution in [3.63, 3.8) is 0 Å². The summed E-state index contributed by atoms with van der Waals surface area (Å²) < 4.78 is 5.64. The summed E-state index contributed by atoms with van der Waals surface area (Å²) in [6, 6.07) is 16.7. The zero-order valence-corrected chi connectivity index (χ0v) is 9.41. The van der Waals surface area contributed by atoms with Crippen LogP contribution in [0, 0.1) is 0 Å². The standard InChI is InChI=1S/C14H15NO2/c15-14(10-16)11-6-8-13(9-7-11)17-12-4-2-1-3-5-12/h1-9,14,16H,10,15H2. The molecule has 0 radical (unpaired) electrons. The Morgan fingerprint density at radius 3 is 2.12 bits per heavy atom. The van der Waals surface area contributed by atoms with E-state index in [1.807, 2.05) is 54.6 Å². The molecule has 88 valence electrons. The molecule has 0 spiro atoms. The van der Waals surface area contributed by atoms with E-state index in [9.17, 15) is 0 Å². The van der Waals surface area contributed by atoms with Crippen LogP contribution < -0.4 is 10.5 Å². The first kappa shape index (κ1) is 11.6. The number of para-hydroxylation sites is 1. The molecule has 0 heterocycles. The van der Waals surface area contributed by atoms with Crippen LogP contribution in [-0.2, 0) is 0 Å². The van der Waals surface area contributed by atoms with Crippen LogP contribution >= 0.6 is 0 Å². The molecule has 0 bridgehead atoms. The quantitative estimate of drug-likeness (QED) is 0.846. The SMILES string of the molecule is NC(CO)c1ccc(Oc2ccccc2)cc1. The molecule has 0 aliphatic carbocycles. The summed E-state index contributed by atoms with van der Waals surface area (Å²) in [5, 5.41) is 8.94. The molecule has 0 aliphatic heterocycles. The highest BCUT2D eigenvalue weighted by atomic mass is 16.5. The summed E-state index contributed by atoms with van der Waals surface area (Å²) >= 11 is 0. The molecular formula is C14H15NO2. The van der Waals surface area contributed by atoms with Crippen LogP contribution in [0.15, 0.2) is 54.6 Å². The lowest BCUT2D eigenvalue weighted by molar-refractivity contribution is 0.268. The summed E-state index contributed by atoms with van der Waals surface area (Å²) in [5.41, 5.74) is 6.60. The third-order valence-electron chi connectivity index (χ3n) is 2.48. The van der Waals surface area contributed by atoms with Crippen molar-refractivity contribution >= 4 is 0 Å². The van der Waals surface area contributed by atoms with Crippen molar-refractivity contribution in [1.29, 1.82) is 0 Å². The number of aliphatic hydroxyl groups is 1. The number of hydrogen-bond acceptors (Lipinski definition) is 3. The van der Waals surface area contributed by atoms with Gasteiger partial charge in [0.05, 0.1) is 12.6 Å². The molecule has 0 saturated carbocycles. The van der Waals surface area contributed by atoms with Crippen molar-refractivity contribution in [2.75, 3.05) is 6.61 Å². The number of aliphatic hydroxyl groups excluding tert-OH is 1. The van der Waals surface area contributed by atoms with Crippen molar-refractivity contribution < 1.29 is 9.84 Å². The second-order valence-electron chi connectivity index (χ2n) is 3.77. The van der Waals surface area contributed by atoms with Crippen LogP contribution in [0.2, 0.25) is 0 Å². The lowest BCUT2D eigenvalue weighted by atomic mass is 10.1. The summed E-state index contributed by atoms with van der Waals surface area (Å²) in [6.07, 6.45) is 0. The first-order valence-corrected chi connectivity index (χ1v) is 5.49. The van der Waals surface area contributed by atoms with E-state index in [-0.39, 0.29) is 12.6 Å². The molecule has 3 nitrogen and oxygen atoms in total. The maximum atomic E-state index is 8.94. The van der Waals surface area contributed by atoms with E-state index < -0.39 is 0 Å². The van der Waals surface area contributed by atoms with Crippen LogP contribution in [0.3, 0.4) is 0 Å². The highest BCUT2D eigenvalue weighted by molar-refractivity contribution is 5.33. The predicted octanol–water partition coefficient (Wildman–Crippen LogP) is 2.47. The third-order valence-corrected chi connectivity index (χ3v) is 2.48. The fourth-order valence-electron chi connectivity index (χ4n) is 1.51. The van der Waals surface area contributed by atoms with Gasteiger partial charge in [0.1, 0.15) is 11.5 Å². The Morgan fingerprint density at radius 2 is 1.53 bits per heavy atom. The summed E-state index contributed by atoms with van der Waals surface area (Å²) in [6.45, 7) is -0.0567. The number of nitrogens with two attached hydrogens (primary N) is 1. The molecule has 3 heteroatoms. The molecule has 1 unspecified atom stereocenters. The van der Waals surface area contributed by atoms with Crippen molar-refractivity contribution in [2.24, 2.45) is 5.73 Å². The molecule has 1 atom stereocenters. The highest BCUT2D eigenvalue weighted by Gasteiger charge is 2.04. The molecule has 0 aromatic heterocycles. The van der Waals surface area contributed by atoms with Crippen LogP contribution in [0.4, 0.5) is 0 Å². The normalized spacial score (nSPS) is 12.1. The molecule has 2 aromatic carbocycles. The molecule has 2 rings (SSSR count). The average molecular weight is 229 g/mol. The molecule has 2 aromatic rings. The topological polar surface area (TPSA) is 55.5 Å². The molecule has 17 heavy (non-hydrogen) atoms. The van der Waals surface area contributed by atoms with Gasteiger partial charge >= 0.3 is 0 Å². The molecular weight excluding hydrogens is 214 g/mol. The van der Waals surface area contributed by atoms with Crippen molar-refractivity contribution in [3.8, 4) is 11.5 Å². The van der Waals surface area contributed by atoms with Crippen molar-refractivity contribution in [2.45, 2.75) is 6.04 Å². The number of ether oxygens (including phenoxy) is 1. The smallest absolute Gasteiger partial charge is 0.127 e. The number of benzene rings is 2. The second kappa shape index (κ2) is 5.48. The number of rotatable bonds is 4. The van der Waals surface area contributed by atoms with Gasteiger partial charge in [0.15, 0.2) is 0 Å². The zero-order valence-electron chi connectivity index (χ0n) is 9.41. The maximum absolute atomic E-state index is 8.94. The van der Waals surface area contributed by atoms with E-state index >= 15 is 0 Å². The van der Waals surface area contributed by atoms with E-state index in [0.717, 1.165) is 17.1 Å². The zero-order chi connectivity index (χ0) is 12.1. The fourth-order valence-corrected chi connectivity index (χ4v) is 1.51. The van der Waals surface area contributed by atoms with Crippen LogP contribution in [0.1, 0.15) is 11.6 Å². The largest absolute Gasteiger partial charge is 0.457 e. The molecule has 0 saturated heterocycles. The van der Waals surface area contributed by atoms with Crippen LogP contribution in [-0.4, -0.2) is 11.7 Å². The van der Waals surface area contributed by atoms with Gasteiger partial charge < -0.3 is 15.6 Å². The Morgan fingerprint density at radius 1 is 0.941 bits per heavy atom. The first-order chi connectivity index (χ1) is 8.29. The Bertz CT molecular complexity index is 453. The monoisotopic (exact) mass is 229 g/mol. The van der Waals surface area contributed by atoms with E-state index in [1.165, 1.54) is 0 Å². The van der Waals surface area contributed by atoms with Gasteiger partial charge in [-0.2, -0.15) is 0 Å². The molecule has 0 aliphatic rings. The van der Waals surface area contributed by atoms with E-state index in [2.05, 4.69) is 0 Å². The van der Waals surface area contributed by atoms with Gasteiger partial charge in [0.2, 0.25) is 0 Å². The van der Waals surface area contributed by atoms with Crippen molar-refractivity contribution in [3.05, 3.63) is 60.2 Å². The molecule has 0 fully saturated rings. The fraction of sp³-hybridized carbons (Fsp3) is 0.143. The Labute approximate surface area is 100 Å². The van der Waals surface area contributed by atoms with Gasteiger partial charge in [-0.3, -0.25) is 0 Å². The minimum atomic E-state index is -0.333.